The molecule has 6 nitrogen and oxygen atoms in total. The third kappa shape index (κ3) is 2.10. The number of hydrogen-bond acceptors (Lipinski definition) is 5. The van der Waals surface area contributed by atoms with E-state index in [0.717, 1.165) is 24.8 Å². The van der Waals surface area contributed by atoms with Gasteiger partial charge in [-0.3, -0.25) is 0 Å². The molecule has 1 saturated heterocycles. The highest BCUT2D eigenvalue weighted by Crippen LogP contribution is 2.48. The average molecular weight is 298 g/mol. The summed E-state index contributed by atoms with van der Waals surface area (Å²) in [7, 11) is 0. The van der Waals surface area contributed by atoms with Crippen LogP contribution in [-0.4, -0.2) is 38.6 Å². The quantitative estimate of drug-likeness (QED) is 0.916. The van der Waals surface area contributed by atoms with Crippen molar-refractivity contribution in [3.8, 4) is 0 Å². The van der Waals surface area contributed by atoms with Crippen LogP contribution >= 0.6 is 0 Å². The number of aromatic nitrogens is 3. The Morgan fingerprint density at radius 3 is 2.91 bits per heavy atom. The van der Waals surface area contributed by atoms with Crippen molar-refractivity contribution in [2.75, 3.05) is 11.4 Å². The Bertz CT molecular complexity index is 727. The smallest absolute Gasteiger partial charge is 0.326 e. The number of rotatable bonds is 2. The predicted molar refractivity (Wildman–Crippen MR) is 81.6 cm³/mol. The summed E-state index contributed by atoms with van der Waals surface area (Å²) >= 11 is 0. The van der Waals surface area contributed by atoms with Crippen molar-refractivity contribution in [1.82, 2.24) is 15.0 Å². The summed E-state index contributed by atoms with van der Waals surface area (Å²) in [5, 5.41) is 10.5. The van der Waals surface area contributed by atoms with Gasteiger partial charge < -0.3 is 10.0 Å². The first-order valence-corrected chi connectivity index (χ1v) is 7.74. The van der Waals surface area contributed by atoms with Crippen LogP contribution in [0.2, 0.25) is 0 Å². The van der Waals surface area contributed by atoms with Crippen LogP contribution in [-0.2, 0) is 4.79 Å². The fourth-order valence-electron chi connectivity index (χ4n) is 3.97. The first-order chi connectivity index (χ1) is 10.7. The van der Waals surface area contributed by atoms with E-state index in [1.807, 2.05) is 17.0 Å². The van der Waals surface area contributed by atoms with Gasteiger partial charge in [-0.25, -0.2) is 14.8 Å². The third-order valence-electron chi connectivity index (χ3n) is 5.06. The van der Waals surface area contributed by atoms with Gasteiger partial charge >= 0.3 is 5.97 Å². The lowest BCUT2D eigenvalue weighted by Gasteiger charge is -2.23. The molecular weight excluding hydrogens is 280 g/mol. The maximum atomic E-state index is 11.7. The molecule has 1 saturated carbocycles. The molecule has 2 aromatic rings. The average Bonchev–Trinajstić information content (AvgIpc) is 3.15. The SMILES string of the molecule is O=C(O)C1CC2(CCCC2)CN1c1ncc2cccnc2n1. The molecule has 114 valence electrons. The summed E-state index contributed by atoms with van der Waals surface area (Å²) in [4.78, 5) is 26.7. The van der Waals surface area contributed by atoms with Crippen LogP contribution in [0.1, 0.15) is 32.1 Å². The molecule has 1 atom stereocenters. The molecule has 0 radical (unpaired) electrons. The minimum Gasteiger partial charge on any atom is -0.480 e. The molecule has 1 aliphatic heterocycles. The summed E-state index contributed by atoms with van der Waals surface area (Å²) in [6, 6.07) is 3.22. The Hall–Kier alpha value is -2.24. The summed E-state index contributed by atoms with van der Waals surface area (Å²) in [6.07, 6.45) is 8.73. The highest BCUT2D eigenvalue weighted by Gasteiger charge is 2.49. The van der Waals surface area contributed by atoms with Crippen LogP contribution < -0.4 is 4.90 Å². The van der Waals surface area contributed by atoms with Crippen molar-refractivity contribution in [1.29, 1.82) is 0 Å². The van der Waals surface area contributed by atoms with Gasteiger partial charge in [-0.15, -0.1) is 0 Å². The molecule has 1 unspecified atom stereocenters. The maximum Gasteiger partial charge on any atom is 0.326 e. The predicted octanol–water partition coefficient (Wildman–Crippen LogP) is 2.25. The molecule has 1 N–H and O–H groups in total. The van der Waals surface area contributed by atoms with Gasteiger partial charge in [0.05, 0.1) is 0 Å². The molecule has 1 spiro atoms. The van der Waals surface area contributed by atoms with Gasteiger partial charge in [0.25, 0.3) is 0 Å². The molecule has 4 rings (SSSR count). The highest BCUT2D eigenvalue weighted by molar-refractivity contribution is 5.80. The number of carboxylic acid groups (broad SMARTS) is 1. The molecule has 3 heterocycles. The largest absolute Gasteiger partial charge is 0.480 e. The van der Waals surface area contributed by atoms with E-state index >= 15 is 0 Å². The van der Waals surface area contributed by atoms with Crippen LogP contribution in [0.4, 0.5) is 5.95 Å². The fraction of sp³-hybridized carbons (Fsp3) is 0.500. The Morgan fingerprint density at radius 1 is 1.32 bits per heavy atom. The summed E-state index contributed by atoms with van der Waals surface area (Å²) in [5.74, 6) is -0.295. The highest BCUT2D eigenvalue weighted by atomic mass is 16.4. The number of aliphatic carboxylic acids is 1. The molecule has 6 heteroatoms. The van der Waals surface area contributed by atoms with Crippen molar-refractivity contribution in [3.63, 3.8) is 0 Å². The van der Waals surface area contributed by atoms with Crippen LogP contribution in [0.3, 0.4) is 0 Å². The van der Waals surface area contributed by atoms with E-state index < -0.39 is 12.0 Å². The number of carbonyl (C=O) groups is 1. The lowest BCUT2D eigenvalue weighted by molar-refractivity contribution is -0.138. The second kappa shape index (κ2) is 4.90. The van der Waals surface area contributed by atoms with Gasteiger partial charge in [0.1, 0.15) is 6.04 Å². The Balaban J connectivity index is 1.73. The fourth-order valence-corrected chi connectivity index (χ4v) is 3.97. The topological polar surface area (TPSA) is 79.2 Å². The minimum absolute atomic E-state index is 0.130. The summed E-state index contributed by atoms with van der Waals surface area (Å²) in [5.41, 5.74) is 0.745. The lowest BCUT2D eigenvalue weighted by atomic mass is 9.84. The second-order valence-corrected chi connectivity index (χ2v) is 6.48. The molecule has 0 amide bonds. The monoisotopic (exact) mass is 298 g/mol. The van der Waals surface area contributed by atoms with Crippen molar-refractivity contribution in [2.45, 2.75) is 38.1 Å². The van der Waals surface area contributed by atoms with Crippen molar-refractivity contribution in [2.24, 2.45) is 5.41 Å². The van der Waals surface area contributed by atoms with Gasteiger partial charge in [-0.1, -0.05) is 12.8 Å². The number of pyridine rings is 1. The van der Waals surface area contributed by atoms with Crippen LogP contribution in [0.5, 0.6) is 0 Å². The van der Waals surface area contributed by atoms with Gasteiger partial charge in [0.2, 0.25) is 5.95 Å². The van der Waals surface area contributed by atoms with E-state index in [-0.39, 0.29) is 5.41 Å². The zero-order valence-corrected chi connectivity index (χ0v) is 12.3. The summed E-state index contributed by atoms with van der Waals surface area (Å²) in [6.45, 7) is 0.738. The van der Waals surface area contributed by atoms with Crippen molar-refractivity contribution in [3.05, 3.63) is 24.5 Å². The summed E-state index contributed by atoms with van der Waals surface area (Å²) < 4.78 is 0. The van der Waals surface area contributed by atoms with Gasteiger partial charge in [0, 0.05) is 24.3 Å². The molecule has 1 aliphatic carbocycles. The Morgan fingerprint density at radius 2 is 2.14 bits per heavy atom. The Kier molecular flexibility index (Phi) is 2.99. The van der Waals surface area contributed by atoms with Gasteiger partial charge in [-0.2, -0.15) is 4.98 Å². The molecule has 22 heavy (non-hydrogen) atoms. The van der Waals surface area contributed by atoms with E-state index in [2.05, 4.69) is 15.0 Å². The zero-order valence-electron chi connectivity index (χ0n) is 12.3. The second-order valence-electron chi connectivity index (χ2n) is 6.48. The van der Waals surface area contributed by atoms with Crippen LogP contribution in [0.25, 0.3) is 11.0 Å². The van der Waals surface area contributed by atoms with Crippen LogP contribution in [0.15, 0.2) is 24.5 Å². The third-order valence-corrected chi connectivity index (χ3v) is 5.06. The van der Waals surface area contributed by atoms with Crippen molar-refractivity contribution >= 4 is 23.0 Å². The number of nitrogens with zero attached hydrogens (tertiary/aromatic N) is 4. The number of hydrogen-bond donors (Lipinski definition) is 1. The van der Waals surface area contributed by atoms with Gasteiger partial charge in [-0.05, 0) is 36.8 Å². The molecule has 0 aromatic carbocycles. The standard InChI is InChI=1S/C16H18N4O2/c21-14(22)12-8-16(5-1-2-6-16)10-20(12)15-18-9-11-4-3-7-17-13(11)19-15/h3-4,7,9,12H,1-2,5-6,8,10H2,(H,21,22). The Labute approximate surface area is 128 Å². The first kappa shape index (κ1) is 13.4. The maximum absolute atomic E-state index is 11.7. The normalized spacial score (nSPS) is 23.5. The minimum atomic E-state index is -0.784. The first-order valence-electron chi connectivity index (χ1n) is 7.74. The van der Waals surface area contributed by atoms with Gasteiger partial charge in [0.15, 0.2) is 5.65 Å². The van der Waals surface area contributed by atoms with E-state index in [1.54, 1.807) is 12.4 Å². The molecular formula is C16H18N4O2. The lowest BCUT2D eigenvalue weighted by Crippen LogP contribution is -2.37. The molecule has 2 aliphatic rings. The van der Waals surface area contributed by atoms with E-state index in [0.29, 0.717) is 18.0 Å². The van der Waals surface area contributed by atoms with Crippen LogP contribution in [0, 0.1) is 5.41 Å². The zero-order chi connectivity index (χ0) is 15.2. The molecule has 2 fully saturated rings. The van der Waals surface area contributed by atoms with Crippen molar-refractivity contribution < 1.29 is 9.90 Å². The van der Waals surface area contributed by atoms with E-state index in [4.69, 9.17) is 0 Å². The number of fused-ring (bicyclic) bond motifs is 1. The molecule has 0 bridgehead atoms. The molecule has 2 aromatic heterocycles. The number of anilines is 1. The van der Waals surface area contributed by atoms with E-state index in [1.165, 1.54) is 12.8 Å². The number of carboxylic acids is 1. The van der Waals surface area contributed by atoms with E-state index in [9.17, 15) is 9.90 Å².